The fraction of sp³-hybridized carbons (Fsp3) is 0.381. The summed E-state index contributed by atoms with van der Waals surface area (Å²) < 4.78 is 0. The molecule has 26 heavy (non-hydrogen) atoms. The van der Waals surface area contributed by atoms with Gasteiger partial charge in [-0.2, -0.15) is 0 Å². The molecular formula is C21H24Cl2N2O. The summed E-state index contributed by atoms with van der Waals surface area (Å²) in [5, 5.41) is 4.02. The third-order valence-electron chi connectivity index (χ3n) is 5.11. The minimum Gasteiger partial charge on any atom is -0.349 e. The summed E-state index contributed by atoms with van der Waals surface area (Å²) in [5.74, 6) is -0.0931. The zero-order chi connectivity index (χ0) is 18.7. The highest BCUT2D eigenvalue weighted by Gasteiger charge is 2.31. The lowest BCUT2D eigenvalue weighted by Crippen LogP contribution is -2.52. The first-order chi connectivity index (χ1) is 12.4. The quantitative estimate of drug-likeness (QED) is 0.780. The molecule has 3 rings (SSSR count). The number of amides is 1. The molecule has 2 atom stereocenters. The van der Waals surface area contributed by atoms with Crippen molar-refractivity contribution >= 4 is 29.1 Å². The Bertz CT molecular complexity index is 754. The summed E-state index contributed by atoms with van der Waals surface area (Å²) in [4.78, 5) is 15.0. The molecular weight excluding hydrogens is 367 g/mol. The Kier molecular flexibility index (Phi) is 6.23. The van der Waals surface area contributed by atoms with E-state index in [-0.39, 0.29) is 11.9 Å². The normalized spacial score (nSPS) is 23.6. The van der Waals surface area contributed by atoms with E-state index in [2.05, 4.69) is 48.3 Å². The molecule has 1 fully saturated rings. The predicted octanol–water partition coefficient (Wildman–Crippen LogP) is 5.16. The van der Waals surface area contributed by atoms with Crippen molar-refractivity contribution in [1.29, 1.82) is 0 Å². The summed E-state index contributed by atoms with van der Waals surface area (Å²) in [6.45, 7) is 5.41. The topological polar surface area (TPSA) is 32.3 Å². The molecule has 0 radical (unpaired) electrons. The van der Waals surface area contributed by atoms with Crippen molar-refractivity contribution in [3.8, 4) is 0 Å². The van der Waals surface area contributed by atoms with Crippen LogP contribution in [0.15, 0.2) is 48.5 Å². The maximum absolute atomic E-state index is 12.5. The average Bonchev–Trinajstić information content (AvgIpc) is 2.61. The van der Waals surface area contributed by atoms with Crippen LogP contribution in [0.4, 0.5) is 0 Å². The molecule has 2 unspecified atom stereocenters. The first-order valence-electron chi connectivity index (χ1n) is 8.99. The molecule has 0 bridgehead atoms. The van der Waals surface area contributed by atoms with Crippen molar-refractivity contribution in [2.45, 2.75) is 51.4 Å². The number of carbonyl (C=O) groups excluding carboxylic acids is 1. The molecule has 0 spiro atoms. The van der Waals surface area contributed by atoms with Crippen LogP contribution in [-0.2, 0) is 6.54 Å². The van der Waals surface area contributed by atoms with E-state index in [0.717, 1.165) is 19.4 Å². The zero-order valence-electron chi connectivity index (χ0n) is 15.1. The van der Waals surface area contributed by atoms with Crippen LogP contribution in [0.2, 0.25) is 10.0 Å². The van der Waals surface area contributed by atoms with Gasteiger partial charge in [-0.15, -0.1) is 0 Å². The van der Waals surface area contributed by atoms with Gasteiger partial charge < -0.3 is 5.32 Å². The third-order valence-corrected chi connectivity index (χ3v) is 5.85. The number of carbonyl (C=O) groups is 1. The average molecular weight is 391 g/mol. The zero-order valence-corrected chi connectivity index (χ0v) is 16.6. The third kappa shape index (κ3) is 4.59. The number of rotatable bonds is 4. The van der Waals surface area contributed by atoms with E-state index in [1.807, 2.05) is 6.07 Å². The van der Waals surface area contributed by atoms with Crippen molar-refractivity contribution in [2.24, 2.45) is 0 Å². The second-order valence-electron chi connectivity index (χ2n) is 7.13. The van der Waals surface area contributed by atoms with E-state index >= 15 is 0 Å². The molecule has 2 aromatic rings. The van der Waals surface area contributed by atoms with Crippen LogP contribution < -0.4 is 5.32 Å². The molecule has 1 amide bonds. The molecule has 1 saturated heterocycles. The highest BCUT2D eigenvalue weighted by molar-refractivity contribution is 6.42. The van der Waals surface area contributed by atoms with Gasteiger partial charge in [-0.1, -0.05) is 53.5 Å². The lowest BCUT2D eigenvalue weighted by molar-refractivity contribution is 0.0672. The number of piperidine rings is 1. The number of likely N-dealkylation sites (tertiary alicyclic amines) is 1. The molecule has 1 aliphatic heterocycles. The molecule has 1 N–H and O–H groups in total. The number of hydrogen-bond donors (Lipinski definition) is 1. The molecule has 1 aliphatic rings. The molecule has 5 heteroatoms. The predicted molar refractivity (Wildman–Crippen MR) is 108 cm³/mol. The summed E-state index contributed by atoms with van der Waals surface area (Å²) in [5.41, 5.74) is 1.87. The standard InChI is InChI=1S/C21H24Cl2N2O/c1-14-10-18(24-21(26)17-8-9-19(22)20(23)12-17)11-15(2)25(14)13-16-6-4-3-5-7-16/h3-9,12,14-15,18H,10-11,13H2,1-2H3,(H,24,26). The highest BCUT2D eigenvalue weighted by Crippen LogP contribution is 2.26. The summed E-state index contributed by atoms with van der Waals surface area (Å²) in [6.07, 6.45) is 1.87. The van der Waals surface area contributed by atoms with Gasteiger partial charge in [0.2, 0.25) is 0 Å². The fourth-order valence-corrected chi connectivity index (χ4v) is 4.05. The van der Waals surface area contributed by atoms with Gasteiger partial charge in [0.15, 0.2) is 0 Å². The molecule has 3 nitrogen and oxygen atoms in total. The van der Waals surface area contributed by atoms with Crippen LogP contribution in [0.5, 0.6) is 0 Å². The molecule has 0 aromatic heterocycles. The Morgan fingerprint density at radius 2 is 1.69 bits per heavy atom. The minimum absolute atomic E-state index is 0.0931. The highest BCUT2D eigenvalue weighted by atomic mass is 35.5. The van der Waals surface area contributed by atoms with Gasteiger partial charge >= 0.3 is 0 Å². The molecule has 0 aliphatic carbocycles. The number of benzene rings is 2. The summed E-state index contributed by atoms with van der Waals surface area (Å²) >= 11 is 12.0. The van der Waals surface area contributed by atoms with Crippen LogP contribution in [0.25, 0.3) is 0 Å². The van der Waals surface area contributed by atoms with Crippen molar-refractivity contribution in [1.82, 2.24) is 10.2 Å². The van der Waals surface area contributed by atoms with Gasteiger partial charge in [-0.3, -0.25) is 9.69 Å². The number of hydrogen-bond acceptors (Lipinski definition) is 2. The first kappa shape index (κ1) is 19.2. The van der Waals surface area contributed by atoms with Gasteiger partial charge in [-0.25, -0.2) is 0 Å². The number of halogens is 2. The van der Waals surface area contributed by atoms with Crippen molar-refractivity contribution in [2.75, 3.05) is 0 Å². The summed E-state index contributed by atoms with van der Waals surface area (Å²) in [7, 11) is 0. The smallest absolute Gasteiger partial charge is 0.251 e. The van der Waals surface area contributed by atoms with Crippen LogP contribution >= 0.6 is 23.2 Å². The van der Waals surface area contributed by atoms with E-state index in [1.54, 1.807) is 18.2 Å². The van der Waals surface area contributed by atoms with Gasteiger partial charge in [0.25, 0.3) is 5.91 Å². The van der Waals surface area contributed by atoms with Gasteiger partial charge in [0.05, 0.1) is 10.0 Å². The van der Waals surface area contributed by atoms with Crippen LogP contribution in [-0.4, -0.2) is 28.9 Å². The maximum Gasteiger partial charge on any atom is 0.251 e. The maximum atomic E-state index is 12.5. The number of nitrogens with one attached hydrogen (secondary N) is 1. The largest absolute Gasteiger partial charge is 0.349 e. The Hall–Kier alpha value is -1.55. The van der Waals surface area contributed by atoms with E-state index < -0.39 is 0 Å². The van der Waals surface area contributed by atoms with E-state index in [0.29, 0.717) is 27.7 Å². The summed E-state index contributed by atoms with van der Waals surface area (Å²) in [6, 6.07) is 16.5. The lowest BCUT2D eigenvalue weighted by Gasteiger charge is -2.43. The van der Waals surface area contributed by atoms with Gasteiger partial charge in [-0.05, 0) is 50.5 Å². The van der Waals surface area contributed by atoms with Crippen LogP contribution in [0, 0.1) is 0 Å². The Morgan fingerprint density at radius 3 is 2.31 bits per heavy atom. The SMILES string of the molecule is CC1CC(NC(=O)c2ccc(Cl)c(Cl)c2)CC(C)N1Cc1ccccc1. The Morgan fingerprint density at radius 1 is 1.04 bits per heavy atom. The fourth-order valence-electron chi connectivity index (χ4n) is 3.75. The molecule has 2 aromatic carbocycles. The Balaban J connectivity index is 1.61. The van der Waals surface area contributed by atoms with Crippen molar-refractivity contribution < 1.29 is 4.79 Å². The second-order valence-corrected chi connectivity index (χ2v) is 7.94. The van der Waals surface area contributed by atoms with Crippen molar-refractivity contribution in [3.05, 3.63) is 69.7 Å². The number of nitrogens with zero attached hydrogens (tertiary/aromatic N) is 1. The second kappa shape index (κ2) is 8.43. The van der Waals surface area contributed by atoms with E-state index in [9.17, 15) is 4.79 Å². The molecule has 1 heterocycles. The van der Waals surface area contributed by atoms with Gasteiger partial charge in [0.1, 0.15) is 0 Å². The minimum atomic E-state index is -0.0931. The molecule has 0 saturated carbocycles. The van der Waals surface area contributed by atoms with Crippen LogP contribution in [0.1, 0.15) is 42.6 Å². The lowest BCUT2D eigenvalue weighted by atomic mass is 9.92. The first-order valence-corrected chi connectivity index (χ1v) is 9.75. The monoisotopic (exact) mass is 390 g/mol. The van der Waals surface area contributed by atoms with Crippen LogP contribution in [0.3, 0.4) is 0 Å². The Labute approximate surface area is 165 Å². The van der Waals surface area contributed by atoms with Crippen molar-refractivity contribution in [3.63, 3.8) is 0 Å². The van der Waals surface area contributed by atoms with Gasteiger partial charge in [0, 0.05) is 30.2 Å². The van der Waals surface area contributed by atoms with E-state index in [4.69, 9.17) is 23.2 Å². The van der Waals surface area contributed by atoms with E-state index in [1.165, 1.54) is 5.56 Å². The molecule has 138 valence electrons.